The number of carboxylic acid groups (broad SMARTS) is 1. The van der Waals surface area contributed by atoms with E-state index in [2.05, 4.69) is 10.6 Å². The molecule has 0 spiro atoms. The zero-order valence-electron chi connectivity index (χ0n) is 13.0. The first kappa shape index (κ1) is 16.8. The predicted molar refractivity (Wildman–Crippen MR) is 81.1 cm³/mol. The summed E-state index contributed by atoms with van der Waals surface area (Å²) in [6.45, 7) is 0.0220. The summed E-state index contributed by atoms with van der Waals surface area (Å²) in [5, 5.41) is 14.6. The third kappa shape index (κ3) is 5.00. The summed E-state index contributed by atoms with van der Waals surface area (Å²) >= 11 is 0. The van der Waals surface area contributed by atoms with Crippen LogP contribution in [0.1, 0.15) is 57.8 Å². The number of amides is 2. The smallest absolute Gasteiger partial charge is 0.306 e. The van der Waals surface area contributed by atoms with E-state index in [-0.39, 0.29) is 36.2 Å². The molecule has 0 saturated heterocycles. The summed E-state index contributed by atoms with van der Waals surface area (Å²) in [6.07, 6.45) is 7.83. The quantitative estimate of drug-likeness (QED) is 0.716. The Bertz CT molecular complexity index is 410. The molecule has 0 unspecified atom stereocenters. The molecule has 3 N–H and O–H groups in total. The van der Waals surface area contributed by atoms with E-state index in [0.29, 0.717) is 25.7 Å². The van der Waals surface area contributed by atoms with Crippen LogP contribution in [0.5, 0.6) is 0 Å². The summed E-state index contributed by atoms with van der Waals surface area (Å²) in [5.74, 6) is -1.15. The lowest BCUT2D eigenvalue weighted by Gasteiger charge is -2.27. The molecule has 6 nitrogen and oxygen atoms in total. The van der Waals surface area contributed by atoms with Gasteiger partial charge < -0.3 is 15.7 Å². The van der Waals surface area contributed by atoms with Crippen molar-refractivity contribution in [3.8, 4) is 0 Å². The molecule has 22 heavy (non-hydrogen) atoms. The minimum Gasteiger partial charge on any atom is -0.481 e. The minimum atomic E-state index is -0.746. The van der Waals surface area contributed by atoms with Gasteiger partial charge in [-0.2, -0.15) is 0 Å². The molecule has 2 amide bonds. The number of carbonyl (C=O) groups excluding carboxylic acids is 2. The van der Waals surface area contributed by atoms with Crippen LogP contribution in [0.3, 0.4) is 0 Å². The van der Waals surface area contributed by atoms with Gasteiger partial charge in [-0.3, -0.25) is 14.4 Å². The van der Waals surface area contributed by atoms with Crippen molar-refractivity contribution in [2.24, 2.45) is 11.8 Å². The molecule has 2 aliphatic carbocycles. The van der Waals surface area contributed by atoms with Gasteiger partial charge in [-0.25, -0.2) is 0 Å². The first-order chi connectivity index (χ1) is 10.6. The Kier molecular flexibility index (Phi) is 6.21. The molecule has 0 aromatic heterocycles. The second-order valence-corrected chi connectivity index (χ2v) is 6.51. The van der Waals surface area contributed by atoms with Gasteiger partial charge >= 0.3 is 5.97 Å². The fraction of sp³-hybridized carbons (Fsp3) is 0.812. The Hall–Kier alpha value is -1.59. The van der Waals surface area contributed by atoms with Gasteiger partial charge in [-0.15, -0.1) is 0 Å². The second-order valence-electron chi connectivity index (χ2n) is 6.51. The maximum atomic E-state index is 12.0. The van der Waals surface area contributed by atoms with Crippen LogP contribution in [0.2, 0.25) is 0 Å². The molecule has 2 aliphatic rings. The van der Waals surface area contributed by atoms with Crippen LogP contribution in [0.15, 0.2) is 0 Å². The highest BCUT2D eigenvalue weighted by atomic mass is 16.4. The van der Waals surface area contributed by atoms with E-state index in [1.165, 1.54) is 6.42 Å². The lowest BCUT2D eigenvalue weighted by molar-refractivity contribution is -0.143. The zero-order valence-corrected chi connectivity index (χ0v) is 13.0. The lowest BCUT2D eigenvalue weighted by atomic mass is 9.86. The van der Waals surface area contributed by atoms with Crippen LogP contribution in [0.25, 0.3) is 0 Å². The first-order valence-corrected chi connectivity index (χ1v) is 8.36. The summed E-state index contributed by atoms with van der Waals surface area (Å²) in [5.41, 5.74) is 0. The highest BCUT2D eigenvalue weighted by Crippen LogP contribution is 2.24. The molecular formula is C16H26N2O4. The molecule has 2 rings (SSSR count). The SMILES string of the molecule is O=C(CNC(=O)C1CCCCC1)NC1CCC(C(=O)O)CC1. The van der Waals surface area contributed by atoms with Crippen molar-refractivity contribution in [1.82, 2.24) is 10.6 Å². The summed E-state index contributed by atoms with van der Waals surface area (Å²) in [7, 11) is 0. The number of hydrogen-bond acceptors (Lipinski definition) is 3. The molecule has 0 aromatic carbocycles. The summed E-state index contributed by atoms with van der Waals surface area (Å²) < 4.78 is 0. The van der Waals surface area contributed by atoms with Crippen molar-refractivity contribution in [2.75, 3.05) is 6.54 Å². The average molecular weight is 310 g/mol. The van der Waals surface area contributed by atoms with E-state index in [4.69, 9.17) is 5.11 Å². The largest absolute Gasteiger partial charge is 0.481 e. The van der Waals surface area contributed by atoms with Crippen LogP contribution >= 0.6 is 0 Å². The van der Waals surface area contributed by atoms with Gasteiger partial charge in [0.25, 0.3) is 0 Å². The van der Waals surface area contributed by atoms with Gasteiger partial charge in [0.2, 0.25) is 11.8 Å². The molecule has 2 saturated carbocycles. The Morgan fingerprint density at radius 3 is 2.09 bits per heavy atom. The van der Waals surface area contributed by atoms with Crippen molar-refractivity contribution >= 4 is 17.8 Å². The summed E-state index contributed by atoms with van der Waals surface area (Å²) in [6, 6.07) is 0.0367. The Labute approximate surface area is 131 Å². The van der Waals surface area contributed by atoms with Crippen LogP contribution in [-0.4, -0.2) is 35.5 Å². The van der Waals surface area contributed by atoms with Crippen molar-refractivity contribution in [2.45, 2.75) is 63.8 Å². The average Bonchev–Trinajstić information content (AvgIpc) is 2.54. The third-order valence-electron chi connectivity index (χ3n) is 4.84. The molecule has 0 radical (unpaired) electrons. The van der Waals surface area contributed by atoms with Gasteiger partial charge in [0.1, 0.15) is 0 Å². The lowest BCUT2D eigenvalue weighted by Crippen LogP contribution is -2.45. The Morgan fingerprint density at radius 2 is 1.50 bits per heavy atom. The van der Waals surface area contributed by atoms with Crippen molar-refractivity contribution in [3.63, 3.8) is 0 Å². The number of aliphatic carboxylic acids is 1. The molecule has 0 atom stereocenters. The molecule has 0 aromatic rings. The standard InChI is InChI=1S/C16H26N2O4/c19-14(10-17-15(20)11-4-2-1-3-5-11)18-13-8-6-12(7-9-13)16(21)22/h11-13H,1-10H2,(H,17,20)(H,18,19)(H,21,22). The van der Waals surface area contributed by atoms with E-state index in [9.17, 15) is 14.4 Å². The molecule has 2 fully saturated rings. The predicted octanol–water partition coefficient (Wildman–Crippen LogP) is 1.44. The second kappa shape index (κ2) is 8.15. The van der Waals surface area contributed by atoms with Crippen molar-refractivity contribution in [1.29, 1.82) is 0 Å². The maximum Gasteiger partial charge on any atom is 0.306 e. The molecule has 0 heterocycles. The molecule has 0 aliphatic heterocycles. The molecule has 0 bridgehead atoms. The summed E-state index contributed by atoms with van der Waals surface area (Å²) in [4.78, 5) is 34.7. The van der Waals surface area contributed by atoms with Gasteiger partial charge in [0, 0.05) is 12.0 Å². The van der Waals surface area contributed by atoms with Crippen molar-refractivity contribution in [3.05, 3.63) is 0 Å². The normalized spacial score (nSPS) is 26.2. The third-order valence-corrected chi connectivity index (χ3v) is 4.84. The van der Waals surface area contributed by atoms with Crippen LogP contribution in [0.4, 0.5) is 0 Å². The van der Waals surface area contributed by atoms with E-state index < -0.39 is 5.97 Å². The number of nitrogens with one attached hydrogen (secondary N) is 2. The van der Waals surface area contributed by atoms with E-state index in [0.717, 1.165) is 25.7 Å². The monoisotopic (exact) mass is 310 g/mol. The molecule has 6 heteroatoms. The van der Waals surface area contributed by atoms with Crippen LogP contribution in [0, 0.1) is 11.8 Å². The Balaban J connectivity index is 1.63. The van der Waals surface area contributed by atoms with Gasteiger partial charge in [-0.1, -0.05) is 19.3 Å². The highest BCUT2D eigenvalue weighted by Gasteiger charge is 2.27. The number of rotatable bonds is 5. The number of carbonyl (C=O) groups is 3. The van der Waals surface area contributed by atoms with E-state index in [1.54, 1.807) is 0 Å². The topological polar surface area (TPSA) is 95.5 Å². The first-order valence-electron chi connectivity index (χ1n) is 8.36. The molecule has 124 valence electrons. The fourth-order valence-electron chi connectivity index (χ4n) is 3.44. The minimum absolute atomic E-state index is 0.00978. The van der Waals surface area contributed by atoms with Gasteiger partial charge in [0.05, 0.1) is 12.5 Å². The highest BCUT2D eigenvalue weighted by molar-refractivity contribution is 5.86. The van der Waals surface area contributed by atoms with E-state index in [1.807, 2.05) is 0 Å². The Morgan fingerprint density at radius 1 is 0.864 bits per heavy atom. The maximum absolute atomic E-state index is 12.0. The number of carboxylic acids is 1. The number of hydrogen-bond donors (Lipinski definition) is 3. The zero-order chi connectivity index (χ0) is 15.9. The van der Waals surface area contributed by atoms with Gasteiger partial charge in [-0.05, 0) is 38.5 Å². The van der Waals surface area contributed by atoms with E-state index >= 15 is 0 Å². The van der Waals surface area contributed by atoms with Gasteiger partial charge in [0.15, 0.2) is 0 Å². The van der Waals surface area contributed by atoms with Crippen LogP contribution < -0.4 is 10.6 Å². The van der Waals surface area contributed by atoms with Crippen LogP contribution in [-0.2, 0) is 14.4 Å². The van der Waals surface area contributed by atoms with Crippen molar-refractivity contribution < 1.29 is 19.5 Å². The fourth-order valence-corrected chi connectivity index (χ4v) is 3.44. The molecular weight excluding hydrogens is 284 g/mol.